The molecule has 0 aliphatic heterocycles. The highest BCUT2D eigenvalue weighted by Crippen LogP contribution is 2.23. The molecule has 134 valence electrons. The summed E-state index contributed by atoms with van der Waals surface area (Å²) in [7, 11) is 1.50. The van der Waals surface area contributed by atoms with Crippen LogP contribution in [0.4, 0.5) is 13.2 Å². The summed E-state index contributed by atoms with van der Waals surface area (Å²) in [6.45, 7) is 0. The molecule has 1 heterocycles. The van der Waals surface area contributed by atoms with Crippen molar-refractivity contribution < 1.29 is 27.1 Å². The van der Waals surface area contributed by atoms with Gasteiger partial charge in [0.1, 0.15) is 22.8 Å². The van der Waals surface area contributed by atoms with E-state index in [0.717, 1.165) is 0 Å². The summed E-state index contributed by atoms with van der Waals surface area (Å²) >= 11 is 0. The number of hydrogen-bond acceptors (Lipinski definition) is 4. The third-order valence-corrected chi connectivity index (χ3v) is 3.51. The van der Waals surface area contributed by atoms with Crippen LogP contribution in [0.3, 0.4) is 0 Å². The molecular weight excluding hydrogens is 349 g/mol. The van der Waals surface area contributed by atoms with Crippen molar-refractivity contribution in [1.29, 1.82) is 0 Å². The number of benzene rings is 2. The van der Waals surface area contributed by atoms with Gasteiger partial charge in [0.05, 0.1) is 12.5 Å². The second kappa shape index (κ2) is 6.95. The highest BCUT2D eigenvalue weighted by Gasteiger charge is 2.30. The number of fused-ring (bicyclic) bond motifs is 1. The molecular formula is C19H13F3O4. The van der Waals surface area contributed by atoms with E-state index in [1.807, 2.05) is 0 Å². The monoisotopic (exact) mass is 362 g/mol. The fourth-order valence-corrected chi connectivity index (χ4v) is 2.32. The Morgan fingerprint density at radius 1 is 0.962 bits per heavy atom. The van der Waals surface area contributed by atoms with Crippen LogP contribution < -0.4 is 14.9 Å². The number of halogens is 3. The van der Waals surface area contributed by atoms with Gasteiger partial charge in [-0.05, 0) is 42.0 Å². The van der Waals surface area contributed by atoms with Gasteiger partial charge in [-0.15, -0.1) is 13.2 Å². The molecule has 7 heteroatoms. The lowest BCUT2D eigenvalue weighted by molar-refractivity contribution is -0.274. The molecule has 3 rings (SSSR count). The predicted molar refractivity (Wildman–Crippen MR) is 91.1 cm³/mol. The first kappa shape index (κ1) is 17.6. The molecule has 0 radical (unpaired) electrons. The van der Waals surface area contributed by atoms with Gasteiger partial charge in [0.15, 0.2) is 5.43 Å². The molecule has 2 aromatic carbocycles. The Labute approximate surface area is 146 Å². The van der Waals surface area contributed by atoms with Crippen molar-refractivity contribution in [2.24, 2.45) is 0 Å². The topological polar surface area (TPSA) is 48.7 Å². The number of methoxy groups -OCH3 is 1. The molecule has 1 aromatic heterocycles. The van der Waals surface area contributed by atoms with Crippen molar-refractivity contribution in [3.05, 3.63) is 70.1 Å². The lowest BCUT2D eigenvalue weighted by Gasteiger charge is -2.08. The third kappa shape index (κ3) is 4.24. The summed E-state index contributed by atoms with van der Waals surface area (Å²) in [5.74, 6) is 0.568. The molecule has 0 unspecified atom stereocenters. The summed E-state index contributed by atoms with van der Waals surface area (Å²) in [4.78, 5) is 12.2. The van der Waals surface area contributed by atoms with Crippen LogP contribution in [-0.4, -0.2) is 13.5 Å². The van der Waals surface area contributed by atoms with Gasteiger partial charge in [-0.25, -0.2) is 0 Å². The maximum absolute atomic E-state index is 12.2. The largest absolute Gasteiger partial charge is 0.573 e. The Bertz CT molecular complexity index is 1000. The molecule has 0 atom stereocenters. The Morgan fingerprint density at radius 2 is 1.65 bits per heavy atom. The summed E-state index contributed by atoms with van der Waals surface area (Å²) in [5.41, 5.74) is 0.808. The van der Waals surface area contributed by atoms with Gasteiger partial charge in [-0.3, -0.25) is 4.79 Å². The van der Waals surface area contributed by atoms with Crippen LogP contribution in [0.2, 0.25) is 0 Å². The van der Waals surface area contributed by atoms with Crippen molar-refractivity contribution in [1.82, 2.24) is 0 Å². The van der Waals surface area contributed by atoms with Gasteiger partial charge < -0.3 is 13.9 Å². The van der Waals surface area contributed by atoms with Crippen LogP contribution >= 0.6 is 0 Å². The predicted octanol–water partition coefficient (Wildman–Crippen LogP) is 4.87. The Hall–Kier alpha value is -3.22. The van der Waals surface area contributed by atoms with Crippen molar-refractivity contribution in [2.45, 2.75) is 6.36 Å². The molecule has 0 spiro atoms. The smallest absolute Gasteiger partial charge is 0.497 e. The van der Waals surface area contributed by atoms with E-state index in [2.05, 4.69) is 4.74 Å². The van der Waals surface area contributed by atoms with Crippen LogP contribution in [0.15, 0.2) is 57.7 Å². The van der Waals surface area contributed by atoms with Crippen LogP contribution in [0, 0.1) is 0 Å². The second-order valence-electron chi connectivity index (χ2n) is 5.33. The molecule has 3 aromatic rings. The van der Waals surface area contributed by atoms with E-state index in [1.165, 1.54) is 37.4 Å². The fourth-order valence-electron chi connectivity index (χ4n) is 2.32. The van der Waals surface area contributed by atoms with E-state index < -0.39 is 6.36 Å². The zero-order valence-electron chi connectivity index (χ0n) is 13.5. The van der Waals surface area contributed by atoms with E-state index in [9.17, 15) is 18.0 Å². The molecule has 26 heavy (non-hydrogen) atoms. The maximum atomic E-state index is 12.2. The zero-order valence-corrected chi connectivity index (χ0v) is 13.5. The highest BCUT2D eigenvalue weighted by atomic mass is 19.4. The third-order valence-electron chi connectivity index (χ3n) is 3.51. The molecule has 0 aliphatic rings. The minimum Gasteiger partial charge on any atom is -0.497 e. The van der Waals surface area contributed by atoms with Gasteiger partial charge in [-0.2, -0.15) is 0 Å². The summed E-state index contributed by atoms with van der Waals surface area (Å²) in [6.07, 6.45) is -1.55. The van der Waals surface area contributed by atoms with Crippen molar-refractivity contribution in [2.75, 3.05) is 7.11 Å². The lowest BCUT2D eigenvalue weighted by Crippen LogP contribution is -2.16. The van der Waals surface area contributed by atoms with E-state index in [4.69, 9.17) is 9.15 Å². The maximum Gasteiger partial charge on any atom is 0.573 e. The fraction of sp³-hybridized carbons (Fsp3) is 0.105. The van der Waals surface area contributed by atoms with Crippen LogP contribution in [-0.2, 0) is 0 Å². The standard InChI is InChI=1S/C19H13F3O4/c1-24-14-8-9-18-16(10-14)17(23)11-15(25-18)7-4-12-2-5-13(6-3-12)26-19(20,21)22/h2-11H,1H3/b7-4+. The minimum atomic E-state index is -4.73. The molecule has 0 saturated heterocycles. The first-order chi connectivity index (χ1) is 12.3. The molecule has 0 N–H and O–H groups in total. The molecule has 0 fully saturated rings. The Balaban J connectivity index is 1.83. The van der Waals surface area contributed by atoms with Crippen molar-refractivity contribution in [3.8, 4) is 11.5 Å². The zero-order chi connectivity index (χ0) is 18.7. The first-order valence-corrected chi connectivity index (χ1v) is 7.50. The SMILES string of the molecule is COc1ccc2oc(/C=C/c3ccc(OC(F)(F)F)cc3)cc(=O)c2c1. The molecule has 4 nitrogen and oxygen atoms in total. The summed E-state index contributed by atoms with van der Waals surface area (Å²) in [5, 5.41) is 0.398. The molecule has 0 bridgehead atoms. The quantitative estimate of drug-likeness (QED) is 0.664. The van der Waals surface area contributed by atoms with Gasteiger partial charge in [0, 0.05) is 6.07 Å². The average molecular weight is 362 g/mol. The van der Waals surface area contributed by atoms with E-state index in [0.29, 0.717) is 28.0 Å². The van der Waals surface area contributed by atoms with Gasteiger partial charge >= 0.3 is 6.36 Å². The number of alkyl halides is 3. The van der Waals surface area contributed by atoms with E-state index in [-0.39, 0.29) is 11.2 Å². The minimum absolute atomic E-state index is 0.223. The average Bonchev–Trinajstić information content (AvgIpc) is 2.59. The Kier molecular flexibility index (Phi) is 4.71. The number of ether oxygens (including phenoxy) is 2. The molecule has 0 amide bonds. The lowest BCUT2D eigenvalue weighted by atomic mass is 10.1. The summed E-state index contributed by atoms with van der Waals surface area (Å²) < 4.78 is 50.9. The van der Waals surface area contributed by atoms with Gasteiger partial charge in [0.2, 0.25) is 0 Å². The highest BCUT2D eigenvalue weighted by molar-refractivity contribution is 5.79. The van der Waals surface area contributed by atoms with Crippen LogP contribution in [0.5, 0.6) is 11.5 Å². The molecule has 0 saturated carbocycles. The number of hydrogen-bond donors (Lipinski definition) is 0. The molecule has 0 aliphatic carbocycles. The van der Waals surface area contributed by atoms with Crippen LogP contribution in [0.25, 0.3) is 23.1 Å². The van der Waals surface area contributed by atoms with Crippen molar-refractivity contribution in [3.63, 3.8) is 0 Å². The van der Waals surface area contributed by atoms with Crippen molar-refractivity contribution >= 4 is 23.1 Å². The number of rotatable bonds is 4. The Morgan fingerprint density at radius 3 is 2.31 bits per heavy atom. The van der Waals surface area contributed by atoms with Crippen LogP contribution in [0.1, 0.15) is 11.3 Å². The second-order valence-corrected chi connectivity index (χ2v) is 5.33. The van der Waals surface area contributed by atoms with Gasteiger partial charge in [-0.1, -0.05) is 18.2 Å². The van der Waals surface area contributed by atoms with E-state index in [1.54, 1.807) is 30.4 Å². The summed E-state index contributed by atoms with van der Waals surface area (Å²) in [6, 6.07) is 11.6. The van der Waals surface area contributed by atoms with E-state index >= 15 is 0 Å². The normalized spacial score (nSPS) is 11.8. The first-order valence-electron chi connectivity index (χ1n) is 7.50. The van der Waals surface area contributed by atoms with Gasteiger partial charge in [0.25, 0.3) is 0 Å².